The number of aliphatic carboxylic acids is 1. The molecule has 1 aromatic carbocycles. The van der Waals surface area contributed by atoms with Crippen molar-refractivity contribution in [1.82, 2.24) is 14.7 Å². The summed E-state index contributed by atoms with van der Waals surface area (Å²) in [5, 5.41) is 14.1. The van der Waals surface area contributed by atoms with E-state index >= 15 is 0 Å². The Bertz CT molecular complexity index is 798. The quantitative estimate of drug-likeness (QED) is 0.850. The third-order valence-electron chi connectivity index (χ3n) is 3.68. The van der Waals surface area contributed by atoms with E-state index in [-0.39, 0.29) is 30.9 Å². The molecule has 1 aromatic heterocycles. The van der Waals surface area contributed by atoms with Crippen molar-refractivity contribution in [2.45, 2.75) is 19.8 Å². The molecule has 0 aliphatic heterocycles. The summed E-state index contributed by atoms with van der Waals surface area (Å²) in [5.41, 5.74) is 0.302. The van der Waals surface area contributed by atoms with Gasteiger partial charge in [0.25, 0.3) is 5.56 Å². The summed E-state index contributed by atoms with van der Waals surface area (Å²) in [7, 11) is 1.55. The molecule has 0 saturated carbocycles. The van der Waals surface area contributed by atoms with E-state index in [2.05, 4.69) is 5.10 Å². The van der Waals surface area contributed by atoms with E-state index in [1.54, 1.807) is 38.2 Å². The molecule has 0 radical (unpaired) electrons. The van der Waals surface area contributed by atoms with Crippen LogP contribution in [0.3, 0.4) is 0 Å². The zero-order valence-corrected chi connectivity index (χ0v) is 13.2. The number of hydrogen-bond donors (Lipinski definition) is 1. The molecule has 0 unspecified atom stereocenters. The Kier molecular flexibility index (Phi) is 5.10. The van der Waals surface area contributed by atoms with Gasteiger partial charge in [0.05, 0.1) is 23.9 Å². The summed E-state index contributed by atoms with van der Waals surface area (Å²) in [6.07, 6.45) is -0.0663. The fourth-order valence-corrected chi connectivity index (χ4v) is 2.45. The molecule has 1 amide bonds. The monoisotopic (exact) mass is 317 g/mol. The van der Waals surface area contributed by atoms with E-state index in [0.29, 0.717) is 23.0 Å². The van der Waals surface area contributed by atoms with Crippen LogP contribution in [0, 0.1) is 0 Å². The summed E-state index contributed by atoms with van der Waals surface area (Å²) in [6.45, 7) is 2.39. The SMILES string of the molecule is CCN(CCC(=O)O)C(=O)Cc1nn(C)c(=O)c2ccccc12. The highest BCUT2D eigenvalue weighted by Gasteiger charge is 2.17. The highest BCUT2D eigenvalue weighted by molar-refractivity contribution is 5.88. The van der Waals surface area contributed by atoms with Crippen LogP contribution in [0.5, 0.6) is 0 Å². The Labute approximate surface area is 133 Å². The lowest BCUT2D eigenvalue weighted by Gasteiger charge is -2.20. The van der Waals surface area contributed by atoms with Crippen molar-refractivity contribution in [3.8, 4) is 0 Å². The molecule has 0 spiro atoms. The van der Waals surface area contributed by atoms with Gasteiger partial charge in [-0.25, -0.2) is 4.68 Å². The number of carboxylic acid groups (broad SMARTS) is 1. The summed E-state index contributed by atoms with van der Waals surface area (Å²) < 4.78 is 1.22. The smallest absolute Gasteiger partial charge is 0.305 e. The molecule has 7 heteroatoms. The molecule has 0 aliphatic carbocycles. The number of carbonyl (C=O) groups excluding carboxylic acids is 1. The van der Waals surface area contributed by atoms with Crippen LogP contribution in [0.2, 0.25) is 0 Å². The molecular weight excluding hydrogens is 298 g/mol. The zero-order chi connectivity index (χ0) is 17.0. The largest absolute Gasteiger partial charge is 0.481 e. The first-order valence-electron chi connectivity index (χ1n) is 7.38. The molecule has 2 aromatic rings. The second-order valence-corrected chi connectivity index (χ2v) is 5.21. The zero-order valence-electron chi connectivity index (χ0n) is 13.2. The number of aryl methyl sites for hydroxylation is 1. The van der Waals surface area contributed by atoms with Crippen LogP contribution >= 0.6 is 0 Å². The van der Waals surface area contributed by atoms with Crippen LogP contribution in [0.1, 0.15) is 19.0 Å². The van der Waals surface area contributed by atoms with Crippen molar-refractivity contribution in [3.63, 3.8) is 0 Å². The highest BCUT2D eigenvalue weighted by atomic mass is 16.4. The summed E-state index contributed by atoms with van der Waals surface area (Å²) in [4.78, 5) is 36.6. The summed E-state index contributed by atoms with van der Waals surface area (Å²) in [5.74, 6) is -1.15. The number of aromatic nitrogens is 2. The van der Waals surface area contributed by atoms with E-state index in [1.165, 1.54) is 9.58 Å². The van der Waals surface area contributed by atoms with Crippen LogP contribution in [0.15, 0.2) is 29.1 Å². The second kappa shape index (κ2) is 7.04. The third kappa shape index (κ3) is 3.74. The Hall–Kier alpha value is -2.70. The van der Waals surface area contributed by atoms with Gasteiger partial charge in [-0.15, -0.1) is 0 Å². The van der Waals surface area contributed by atoms with Crippen LogP contribution in [0.4, 0.5) is 0 Å². The molecule has 0 aliphatic rings. The van der Waals surface area contributed by atoms with Crippen LogP contribution in [-0.4, -0.2) is 44.8 Å². The van der Waals surface area contributed by atoms with Crippen molar-refractivity contribution in [1.29, 1.82) is 0 Å². The van der Waals surface area contributed by atoms with Gasteiger partial charge < -0.3 is 10.0 Å². The minimum Gasteiger partial charge on any atom is -0.481 e. The number of carboxylic acids is 1. The van der Waals surface area contributed by atoms with E-state index in [9.17, 15) is 14.4 Å². The molecule has 0 bridgehead atoms. The number of fused-ring (bicyclic) bond motifs is 1. The molecular formula is C16H19N3O4. The topological polar surface area (TPSA) is 92.5 Å². The fourth-order valence-electron chi connectivity index (χ4n) is 2.45. The number of nitrogens with zero attached hydrogens (tertiary/aromatic N) is 3. The normalized spacial score (nSPS) is 10.7. The lowest BCUT2D eigenvalue weighted by molar-refractivity contribution is -0.138. The third-order valence-corrected chi connectivity index (χ3v) is 3.68. The lowest BCUT2D eigenvalue weighted by atomic mass is 10.1. The first kappa shape index (κ1) is 16.7. The van der Waals surface area contributed by atoms with E-state index in [1.807, 2.05) is 0 Å². The summed E-state index contributed by atoms with van der Waals surface area (Å²) in [6, 6.07) is 7.02. The average molecular weight is 317 g/mol. The number of likely N-dealkylation sites (N-methyl/N-ethyl adjacent to an activating group) is 1. The first-order valence-corrected chi connectivity index (χ1v) is 7.38. The average Bonchev–Trinajstić information content (AvgIpc) is 2.52. The van der Waals surface area contributed by atoms with Gasteiger partial charge in [0.15, 0.2) is 0 Å². The molecule has 1 N–H and O–H groups in total. The van der Waals surface area contributed by atoms with E-state index in [4.69, 9.17) is 5.11 Å². The molecule has 1 heterocycles. The van der Waals surface area contributed by atoms with Gasteiger partial charge in [0.1, 0.15) is 0 Å². The Morgan fingerprint density at radius 3 is 2.52 bits per heavy atom. The number of benzene rings is 1. The van der Waals surface area contributed by atoms with Crippen molar-refractivity contribution in [2.24, 2.45) is 7.05 Å². The molecule has 23 heavy (non-hydrogen) atoms. The first-order chi connectivity index (χ1) is 10.9. The maximum absolute atomic E-state index is 12.4. The highest BCUT2D eigenvalue weighted by Crippen LogP contribution is 2.14. The minimum atomic E-state index is -0.943. The van der Waals surface area contributed by atoms with E-state index < -0.39 is 5.97 Å². The second-order valence-electron chi connectivity index (χ2n) is 5.21. The fraction of sp³-hybridized carbons (Fsp3) is 0.375. The maximum Gasteiger partial charge on any atom is 0.305 e. The van der Waals surface area contributed by atoms with Gasteiger partial charge in [-0.2, -0.15) is 5.10 Å². The Morgan fingerprint density at radius 1 is 1.26 bits per heavy atom. The van der Waals surface area contributed by atoms with Crippen LogP contribution in [0.25, 0.3) is 10.8 Å². The number of hydrogen-bond acceptors (Lipinski definition) is 4. The molecule has 7 nitrogen and oxygen atoms in total. The predicted molar refractivity (Wildman–Crippen MR) is 85.2 cm³/mol. The lowest BCUT2D eigenvalue weighted by Crippen LogP contribution is -2.34. The Balaban J connectivity index is 2.30. The van der Waals surface area contributed by atoms with Gasteiger partial charge in [-0.05, 0) is 13.0 Å². The summed E-state index contributed by atoms with van der Waals surface area (Å²) >= 11 is 0. The molecule has 0 atom stereocenters. The van der Waals surface area contributed by atoms with Gasteiger partial charge >= 0.3 is 5.97 Å². The molecule has 0 fully saturated rings. The van der Waals surface area contributed by atoms with Crippen molar-refractivity contribution in [3.05, 3.63) is 40.3 Å². The minimum absolute atomic E-state index is 0.0299. The maximum atomic E-state index is 12.4. The molecule has 122 valence electrons. The van der Waals surface area contributed by atoms with Crippen LogP contribution < -0.4 is 5.56 Å². The van der Waals surface area contributed by atoms with Crippen LogP contribution in [-0.2, 0) is 23.1 Å². The van der Waals surface area contributed by atoms with Gasteiger partial charge in [-0.1, -0.05) is 18.2 Å². The van der Waals surface area contributed by atoms with Crippen molar-refractivity contribution >= 4 is 22.6 Å². The standard InChI is InChI=1S/C16H19N3O4/c1-3-19(9-8-15(21)22)14(20)10-13-11-6-4-5-7-12(11)16(23)18(2)17-13/h4-7H,3,8-10H2,1-2H3,(H,21,22). The predicted octanol–water partition coefficient (Wildman–Crippen LogP) is 0.799. The van der Waals surface area contributed by atoms with E-state index in [0.717, 1.165) is 0 Å². The van der Waals surface area contributed by atoms with Crippen molar-refractivity contribution in [2.75, 3.05) is 13.1 Å². The van der Waals surface area contributed by atoms with Crippen molar-refractivity contribution < 1.29 is 14.7 Å². The number of amides is 1. The molecule has 0 saturated heterocycles. The number of carbonyl (C=O) groups is 2. The van der Waals surface area contributed by atoms with Gasteiger partial charge in [0.2, 0.25) is 5.91 Å². The van der Waals surface area contributed by atoms with Gasteiger partial charge in [-0.3, -0.25) is 14.4 Å². The number of rotatable bonds is 6. The molecule has 2 rings (SSSR count). The Morgan fingerprint density at radius 2 is 1.91 bits per heavy atom. The van der Waals surface area contributed by atoms with Gasteiger partial charge in [0, 0.05) is 25.5 Å².